The van der Waals surface area contributed by atoms with Crippen LogP contribution in [-0.2, 0) is 18.4 Å². The Labute approximate surface area is 540 Å². The second-order valence-corrected chi connectivity index (χ2v) is 27.7. The standard InChI is InChI=1S/C78H143N2O6P/c1-6-8-10-12-14-16-18-20-22-24-26-28-30-32-34-35-36-37-38-39-40-41-42-43-44-45-46-48-50-52-54-56-58-60-62-64-66-68-70-72-78(82)79-76(75-86-87(83,84)85-74-73-80(3,4)5)77(81)71-69-67-65-63-61-59-57-55-53-51-49-47-33-31-29-27-25-23-21-19-17-15-13-11-9-7-2/h8,10,14,16,20,22,26,28,32,34,36-37,61,63,69,71,76-77,81H,6-7,9,11-13,15,17-19,21,23-25,27,29-31,33,35,38-60,62,64-68,70,72-75H2,1-5H3,(H-,79,82,83,84)/p+1/b10-8-,16-14-,22-20-,28-26-,34-32-,37-36-,63-61+,71-69+. The first-order chi connectivity index (χ1) is 42.5. The lowest BCUT2D eigenvalue weighted by Gasteiger charge is -2.25. The second-order valence-electron chi connectivity index (χ2n) is 26.3. The fraction of sp³-hybridized carbons (Fsp3) is 0.782. The molecule has 0 saturated heterocycles. The zero-order valence-corrected chi connectivity index (χ0v) is 58.9. The van der Waals surface area contributed by atoms with Crippen LogP contribution in [0.1, 0.15) is 341 Å². The van der Waals surface area contributed by atoms with Crippen LogP contribution in [0.25, 0.3) is 0 Å². The van der Waals surface area contributed by atoms with Crippen LogP contribution in [0.5, 0.6) is 0 Å². The van der Waals surface area contributed by atoms with Gasteiger partial charge in [0.15, 0.2) is 0 Å². The van der Waals surface area contributed by atoms with Crippen molar-refractivity contribution in [3.8, 4) is 0 Å². The number of quaternary nitrogens is 1. The maximum atomic E-state index is 13.1. The number of phosphoric acid groups is 1. The minimum absolute atomic E-state index is 0.0550. The van der Waals surface area contributed by atoms with Gasteiger partial charge in [0.2, 0.25) is 5.91 Å². The lowest BCUT2D eigenvalue weighted by atomic mass is 10.0. The normalized spacial score (nSPS) is 14.1. The van der Waals surface area contributed by atoms with E-state index in [1.54, 1.807) is 6.08 Å². The number of phosphoric ester groups is 1. The Morgan fingerprint density at radius 2 is 0.701 bits per heavy atom. The lowest BCUT2D eigenvalue weighted by Crippen LogP contribution is -2.45. The number of rotatable bonds is 68. The van der Waals surface area contributed by atoms with Gasteiger partial charge >= 0.3 is 7.82 Å². The van der Waals surface area contributed by atoms with Crippen molar-refractivity contribution in [2.24, 2.45) is 0 Å². The van der Waals surface area contributed by atoms with Crippen molar-refractivity contribution in [3.63, 3.8) is 0 Å². The number of allylic oxidation sites excluding steroid dienone is 15. The molecule has 0 aromatic rings. The summed E-state index contributed by atoms with van der Waals surface area (Å²) in [5, 5.41) is 14.0. The van der Waals surface area contributed by atoms with Gasteiger partial charge in [0, 0.05) is 6.42 Å². The van der Waals surface area contributed by atoms with Crippen LogP contribution in [-0.4, -0.2) is 73.4 Å². The van der Waals surface area contributed by atoms with Gasteiger partial charge in [0.25, 0.3) is 0 Å². The summed E-state index contributed by atoms with van der Waals surface area (Å²) in [6.45, 7) is 4.72. The average Bonchev–Trinajstić information content (AvgIpc) is 3.69. The van der Waals surface area contributed by atoms with E-state index in [4.69, 9.17) is 9.05 Å². The molecule has 8 nitrogen and oxygen atoms in total. The number of aliphatic hydroxyl groups is 1. The van der Waals surface area contributed by atoms with Crippen LogP contribution in [0.2, 0.25) is 0 Å². The van der Waals surface area contributed by atoms with Crippen LogP contribution in [0.3, 0.4) is 0 Å². The molecule has 3 atom stereocenters. The van der Waals surface area contributed by atoms with Crippen LogP contribution in [0.15, 0.2) is 97.2 Å². The number of aliphatic hydroxyl groups excluding tert-OH is 1. The minimum Gasteiger partial charge on any atom is -0.387 e. The monoisotopic (exact) mass is 1240 g/mol. The third kappa shape index (κ3) is 70.7. The third-order valence-corrected chi connectivity index (χ3v) is 17.5. The zero-order chi connectivity index (χ0) is 63.4. The van der Waals surface area contributed by atoms with E-state index in [0.717, 1.165) is 77.0 Å². The van der Waals surface area contributed by atoms with Gasteiger partial charge < -0.3 is 19.8 Å². The summed E-state index contributed by atoms with van der Waals surface area (Å²) < 4.78 is 23.8. The molecule has 0 aliphatic heterocycles. The molecule has 506 valence electrons. The molecule has 3 unspecified atom stereocenters. The molecule has 1 amide bonds. The molecule has 0 aromatic carbocycles. The van der Waals surface area contributed by atoms with Gasteiger partial charge in [-0.2, -0.15) is 0 Å². The zero-order valence-electron chi connectivity index (χ0n) is 58.0. The molecule has 0 aliphatic carbocycles. The summed E-state index contributed by atoms with van der Waals surface area (Å²) in [7, 11) is 1.56. The predicted octanol–water partition coefficient (Wildman–Crippen LogP) is 24.1. The largest absolute Gasteiger partial charge is 0.472 e. The van der Waals surface area contributed by atoms with Crippen molar-refractivity contribution < 1.29 is 32.9 Å². The van der Waals surface area contributed by atoms with E-state index >= 15 is 0 Å². The van der Waals surface area contributed by atoms with E-state index in [-0.39, 0.29) is 19.1 Å². The highest BCUT2D eigenvalue weighted by Crippen LogP contribution is 2.43. The summed E-state index contributed by atoms with van der Waals surface area (Å²) in [4.78, 5) is 23.4. The van der Waals surface area contributed by atoms with Gasteiger partial charge in [0.1, 0.15) is 13.2 Å². The molecule has 0 heterocycles. The number of nitrogens with zero attached hydrogens (tertiary/aromatic N) is 1. The molecule has 0 saturated carbocycles. The molecular formula is C78H144N2O6P+. The highest BCUT2D eigenvalue weighted by Gasteiger charge is 2.28. The van der Waals surface area contributed by atoms with Gasteiger partial charge in [-0.05, 0) is 83.5 Å². The van der Waals surface area contributed by atoms with Gasteiger partial charge in [-0.1, -0.05) is 349 Å². The summed E-state index contributed by atoms with van der Waals surface area (Å²) in [5.41, 5.74) is 0. The molecule has 0 aliphatic rings. The highest BCUT2D eigenvalue weighted by molar-refractivity contribution is 7.47. The maximum Gasteiger partial charge on any atom is 0.472 e. The lowest BCUT2D eigenvalue weighted by molar-refractivity contribution is -0.870. The first kappa shape index (κ1) is 84.4. The van der Waals surface area contributed by atoms with Gasteiger partial charge in [-0.25, -0.2) is 4.57 Å². The van der Waals surface area contributed by atoms with E-state index < -0.39 is 20.0 Å². The number of amides is 1. The van der Waals surface area contributed by atoms with E-state index in [2.05, 4.69) is 104 Å². The first-order valence-corrected chi connectivity index (χ1v) is 38.6. The van der Waals surface area contributed by atoms with Gasteiger partial charge in [-0.15, -0.1) is 0 Å². The quantitative estimate of drug-likeness (QED) is 0.0243. The summed E-state index contributed by atoms with van der Waals surface area (Å²) in [6.07, 6.45) is 98.6. The third-order valence-electron chi connectivity index (χ3n) is 16.5. The first-order valence-electron chi connectivity index (χ1n) is 37.1. The number of nitrogens with one attached hydrogen (secondary N) is 1. The molecular weight excluding hydrogens is 1090 g/mol. The molecule has 0 fully saturated rings. The predicted molar refractivity (Wildman–Crippen MR) is 383 cm³/mol. The molecule has 0 bridgehead atoms. The number of unbranched alkanes of at least 4 members (excludes halogenated alkanes) is 41. The van der Waals surface area contributed by atoms with Crippen molar-refractivity contribution in [1.82, 2.24) is 5.32 Å². The average molecular weight is 1240 g/mol. The Balaban J connectivity index is 4.02. The number of hydrogen-bond donors (Lipinski definition) is 3. The van der Waals surface area contributed by atoms with E-state index in [1.807, 2.05) is 27.2 Å². The smallest absolute Gasteiger partial charge is 0.387 e. The fourth-order valence-corrected chi connectivity index (χ4v) is 11.6. The van der Waals surface area contributed by atoms with Gasteiger partial charge in [-0.3, -0.25) is 13.8 Å². The molecule has 0 spiro atoms. The molecule has 0 aromatic heterocycles. The van der Waals surface area contributed by atoms with Crippen molar-refractivity contribution in [2.75, 3.05) is 40.9 Å². The Bertz CT molecular complexity index is 1740. The molecule has 0 rings (SSSR count). The van der Waals surface area contributed by atoms with Crippen molar-refractivity contribution >= 4 is 13.7 Å². The minimum atomic E-state index is -4.37. The second kappa shape index (κ2) is 67.8. The SMILES string of the molecule is CC/C=C\C/C=C\C/C=C\C/C=C\C/C=C\C/C=C\CCCCCCCCCCCCCCCCCCCCCCC(=O)NC(COP(=O)(O)OCC[N+](C)(C)C)C(O)/C=C/CC/C=C/CCCCCCCCCCCCCCCCCCCCCC. The van der Waals surface area contributed by atoms with Crippen LogP contribution >= 0.6 is 7.82 Å². The Morgan fingerprint density at radius 3 is 1.06 bits per heavy atom. The van der Waals surface area contributed by atoms with E-state index in [0.29, 0.717) is 17.4 Å². The van der Waals surface area contributed by atoms with Crippen molar-refractivity contribution in [1.29, 1.82) is 0 Å². The van der Waals surface area contributed by atoms with E-state index in [9.17, 15) is 19.4 Å². The molecule has 0 radical (unpaired) electrons. The summed E-state index contributed by atoms with van der Waals surface area (Å²) in [5.74, 6) is -0.183. The van der Waals surface area contributed by atoms with Crippen LogP contribution in [0.4, 0.5) is 0 Å². The van der Waals surface area contributed by atoms with Gasteiger partial charge in [0.05, 0.1) is 39.9 Å². The van der Waals surface area contributed by atoms with E-state index in [1.165, 1.54) is 244 Å². The Hall–Kier alpha value is -2.58. The Kier molecular flexibility index (Phi) is 65.8. The van der Waals surface area contributed by atoms with Crippen molar-refractivity contribution in [3.05, 3.63) is 97.2 Å². The number of likely N-dealkylation sites (N-methyl/N-ethyl adjacent to an activating group) is 1. The van der Waals surface area contributed by atoms with Crippen LogP contribution < -0.4 is 5.32 Å². The highest BCUT2D eigenvalue weighted by atomic mass is 31.2. The maximum absolute atomic E-state index is 13.1. The summed E-state index contributed by atoms with van der Waals surface area (Å²) in [6, 6.07) is -0.868. The fourth-order valence-electron chi connectivity index (χ4n) is 10.8. The number of carbonyl (C=O) groups excluding carboxylic acids is 1. The molecule has 9 heteroatoms. The molecule has 87 heavy (non-hydrogen) atoms. The van der Waals surface area contributed by atoms with Crippen LogP contribution in [0, 0.1) is 0 Å². The number of hydrogen-bond acceptors (Lipinski definition) is 5. The molecule has 3 N–H and O–H groups in total. The summed E-state index contributed by atoms with van der Waals surface area (Å²) >= 11 is 0. The van der Waals surface area contributed by atoms with Crippen molar-refractivity contribution in [2.45, 2.75) is 353 Å². The number of carbonyl (C=O) groups is 1. The Morgan fingerprint density at radius 1 is 0.402 bits per heavy atom. The topological polar surface area (TPSA) is 105 Å².